The summed E-state index contributed by atoms with van der Waals surface area (Å²) >= 11 is 0. The highest BCUT2D eigenvalue weighted by atomic mass is 127. The number of aliphatic imine (C=N–C) groups is 1. The van der Waals surface area contributed by atoms with Gasteiger partial charge in [-0.1, -0.05) is 26.0 Å². The SMILES string of the molecule is CN=C(NCc1ccc(OC)c(C)c1)NC(C)C(C)C.I. The molecule has 0 aliphatic rings. The summed E-state index contributed by atoms with van der Waals surface area (Å²) in [4.78, 5) is 4.25. The van der Waals surface area contributed by atoms with Crippen molar-refractivity contribution in [2.45, 2.75) is 40.3 Å². The minimum Gasteiger partial charge on any atom is -0.496 e. The lowest BCUT2D eigenvalue weighted by atomic mass is 10.1. The number of ether oxygens (including phenoxy) is 1. The minimum absolute atomic E-state index is 0. The van der Waals surface area contributed by atoms with Gasteiger partial charge in [0.25, 0.3) is 0 Å². The molecule has 5 heteroatoms. The summed E-state index contributed by atoms with van der Waals surface area (Å²) < 4.78 is 5.27. The highest BCUT2D eigenvalue weighted by Gasteiger charge is 2.08. The molecule has 0 heterocycles. The van der Waals surface area contributed by atoms with Gasteiger partial charge in [0, 0.05) is 19.6 Å². The van der Waals surface area contributed by atoms with E-state index in [9.17, 15) is 0 Å². The van der Waals surface area contributed by atoms with Crippen LogP contribution in [0.5, 0.6) is 5.75 Å². The molecule has 0 amide bonds. The van der Waals surface area contributed by atoms with Crippen molar-refractivity contribution >= 4 is 29.9 Å². The second-order valence-electron chi connectivity index (χ2n) is 5.41. The van der Waals surface area contributed by atoms with Crippen molar-refractivity contribution in [2.75, 3.05) is 14.2 Å². The second-order valence-corrected chi connectivity index (χ2v) is 5.41. The van der Waals surface area contributed by atoms with Gasteiger partial charge in [0.1, 0.15) is 5.75 Å². The highest BCUT2D eigenvalue weighted by molar-refractivity contribution is 14.0. The molecule has 0 spiro atoms. The molecule has 4 nitrogen and oxygen atoms in total. The molecule has 1 aromatic carbocycles. The third kappa shape index (κ3) is 6.54. The van der Waals surface area contributed by atoms with Gasteiger partial charge in [-0.15, -0.1) is 24.0 Å². The molecule has 1 rings (SSSR count). The van der Waals surface area contributed by atoms with Crippen LogP contribution in [0.4, 0.5) is 0 Å². The van der Waals surface area contributed by atoms with Crippen molar-refractivity contribution in [2.24, 2.45) is 10.9 Å². The zero-order valence-electron chi connectivity index (χ0n) is 13.9. The molecule has 0 saturated heterocycles. The topological polar surface area (TPSA) is 45.7 Å². The molecule has 21 heavy (non-hydrogen) atoms. The highest BCUT2D eigenvalue weighted by Crippen LogP contribution is 2.18. The summed E-state index contributed by atoms with van der Waals surface area (Å²) in [6.07, 6.45) is 0. The number of methoxy groups -OCH3 is 1. The normalized spacial score (nSPS) is 12.6. The number of aryl methyl sites for hydroxylation is 1. The van der Waals surface area contributed by atoms with Crippen LogP contribution in [0.25, 0.3) is 0 Å². The van der Waals surface area contributed by atoms with E-state index >= 15 is 0 Å². The quantitative estimate of drug-likeness (QED) is 0.449. The van der Waals surface area contributed by atoms with Crippen LogP contribution in [-0.4, -0.2) is 26.2 Å². The van der Waals surface area contributed by atoms with E-state index < -0.39 is 0 Å². The van der Waals surface area contributed by atoms with Crippen molar-refractivity contribution in [3.63, 3.8) is 0 Å². The number of hydrogen-bond donors (Lipinski definition) is 2. The molecule has 1 atom stereocenters. The number of benzene rings is 1. The van der Waals surface area contributed by atoms with Gasteiger partial charge in [-0.05, 0) is 37.0 Å². The Morgan fingerprint density at radius 3 is 2.43 bits per heavy atom. The fourth-order valence-corrected chi connectivity index (χ4v) is 1.81. The standard InChI is InChI=1S/C16H27N3O.HI/c1-11(2)13(4)19-16(17-5)18-10-14-7-8-15(20-6)12(3)9-14;/h7-9,11,13H,10H2,1-6H3,(H2,17,18,19);1H. The fourth-order valence-electron chi connectivity index (χ4n) is 1.81. The first-order valence-electron chi connectivity index (χ1n) is 7.08. The molecule has 1 unspecified atom stereocenters. The number of hydrogen-bond acceptors (Lipinski definition) is 2. The average Bonchev–Trinajstić information content (AvgIpc) is 2.43. The van der Waals surface area contributed by atoms with Gasteiger partial charge in [0.2, 0.25) is 0 Å². The van der Waals surface area contributed by atoms with Gasteiger partial charge in [-0.25, -0.2) is 0 Å². The van der Waals surface area contributed by atoms with Crippen LogP contribution in [0.1, 0.15) is 31.9 Å². The largest absolute Gasteiger partial charge is 0.496 e. The van der Waals surface area contributed by atoms with Crippen LogP contribution in [0, 0.1) is 12.8 Å². The molecule has 0 aliphatic heterocycles. The molecule has 0 radical (unpaired) electrons. The van der Waals surface area contributed by atoms with Gasteiger partial charge in [0.05, 0.1) is 7.11 Å². The first kappa shape index (κ1) is 20.0. The zero-order valence-corrected chi connectivity index (χ0v) is 16.2. The van der Waals surface area contributed by atoms with Crippen LogP contribution in [0.2, 0.25) is 0 Å². The van der Waals surface area contributed by atoms with Crippen LogP contribution >= 0.6 is 24.0 Å². The molecule has 0 aromatic heterocycles. The third-order valence-electron chi connectivity index (χ3n) is 3.51. The van der Waals surface area contributed by atoms with Crippen molar-refractivity contribution in [1.82, 2.24) is 10.6 Å². The number of nitrogens with one attached hydrogen (secondary N) is 2. The third-order valence-corrected chi connectivity index (χ3v) is 3.51. The van der Waals surface area contributed by atoms with E-state index in [-0.39, 0.29) is 24.0 Å². The van der Waals surface area contributed by atoms with Gasteiger partial charge in [-0.3, -0.25) is 4.99 Å². The maximum Gasteiger partial charge on any atom is 0.191 e. The van der Waals surface area contributed by atoms with E-state index in [4.69, 9.17) is 4.74 Å². The Kier molecular flexibility index (Phi) is 9.41. The molecular formula is C16H28IN3O. The Morgan fingerprint density at radius 2 is 1.95 bits per heavy atom. The first-order chi connectivity index (χ1) is 9.47. The van der Waals surface area contributed by atoms with Crippen LogP contribution in [0.15, 0.2) is 23.2 Å². The Balaban J connectivity index is 0.00000400. The molecule has 120 valence electrons. The van der Waals surface area contributed by atoms with Crippen molar-refractivity contribution in [1.29, 1.82) is 0 Å². The predicted octanol–water partition coefficient (Wildman–Crippen LogP) is 3.33. The number of nitrogens with zero attached hydrogens (tertiary/aromatic N) is 1. The maximum atomic E-state index is 5.27. The lowest BCUT2D eigenvalue weighted by Gasteiger charge is -2.21. The van der Waals surface area contributed by atoms with Crippen molar-refractivity contribution < 1.29 is 4.74 Å². The predicted molar refractivity (Wildman–Crippen MR) is 101 cm³/mol. The molecule has 0 bridgehead atoms. The van der Waals surface area contributed by atoms with Crippen LogP contribution in [0.3, 0.4) is 0 Å². The van der Waals surface area contributed by atoms with Crippen LogP contribution in [-0.2, 0) is 6.54 Å². The number of guanidine groups is 1. The van der Waals surface area contributed by atoms with E-state index in [0.717, 1.165) is 23.8 Å². The molecular weight excluding hydrogens is 377 g/mol. The molecule has 1 aromatic rings. The lowest BCUT2D eigenvalue weighted by Crippen LogP contribution is -2.43. The summed E-state index contributed by atoms with van der Waals surface area (Å²) in [5.41, 5.74) is 2.36. The van der Waals surface area contributed by atoms with E-state index in [0.29, 0.717) is 12.0 Å². The van der Waals surface area contributed by atoms with Gasteiger partial charge in [0.15, 0.2) is 5.96 Å². The number of halogens is 1. The molecule has 0 fully saturated rings. The zero-order chi connectivity index (χ0) is 15.1. The molecule has 0 aliphatic carbocycles. The second kappa shape index (κ2) is 9.87. The molecule has 0 saturated carbocycles. The van der Waals surface area contributed by atoms with Crippen LogP contribution < -0.4 is 15.4 Å². The van der Waals surface area contributed by atoms with Gasteiger partial charge in [-0.2, -0.15) is 0 Å². The Hall–Kier alpha value is -0.980. The van der Waals surface area contributed by atoms with E-state index in [1.807, 2.05) is 6.07 Å². The first-order valence-corrected chi connectivity index (χ1v) is 7.08. The van der Waals surface area contributed by atoms with Gasteiger partial charge >= 0.3 is 0 Å². The van der Waals surface area contributed by atoms with E-state index in [2.05, 4.69) is 55.5 Å². The minimum atomic E-state index is 0. The maximum absolute atomic E-state index is 5.27. The Bertz CT molecular complexity index is 461. The Morgan fingerprint density at radius 1 is 1.29 bits per heavy atom. The average molecular weight is 405 g/mol. The van der Waals surface area contributed by atoms with Crippen molar-refractivity contribution in [3.05, 3.63) is 29.3 Å². The summed E-state index contributed by atoms with van der Waals surface area (Å²) in [5.74, 6) is 2.32. The van der Waals surface area contributed by atoms with E-state index in [1.54, 1.807) is 14.2 Å². The summed E-state index contributed by atoms with van der Waals surface area (Å²) in [5, 5.41) is 6.72. The Labute approximate surface area is 145 Å². The molecule has 2 N–H and O–H groups in total. The lowest BCUT2D eigenvalue weighted by molar-refractivity contribution is 0.411. The number of rotatable bonds is 5. The monoisotopic (exact) mass is 405 g/mol. The summed E-state index contributed by atoms with van der Waals surface area (Å²) in [6, 6.07) is 6.58. The smallest absolute Gasteiger partial charge is 0.191 e. The summed E-state index contributed by atoms with van der Waals surface area (Å²) in [7, 11) is 3.49. The van der Waals surface area contributed by atoms with Gasteiger partial charge < -0.3 is 15.4 Å². The summed E-state index contributed by atoms with van der Waals surface area (Å²) in [6.45, 7) is 9.34. The van der Waals surface area contributed by atoms with E-state index in [1.165, 1.54) is 5.56 Å². The fraction of sp³-hybridized carbons (Fsp3) is 0.562. The van der Waals surface area contributed by atoms with Crippen molar-refractivity contribution in [3.8, 4) is 5.75 Å².